The topological polar surface area (TPSA) is 325 Å². The Labute approximate surface area is 287 Å². The van der Waals surface area contributed by atoms with E-state index in [1.807, 2.05) is 5.32 Å². The second-order valence-electron chi connectivity index (χ2n) is 13.0. The summed E-state index contributed by atoms with van der Waals surface area (Å²) in [6.07, 6.45) is -10.2. The molecule has 0 aromatic heterocycles. The van der Waals surface area contributed by atoms with Gasteiger partial charge < -0.3 is 70.4 Å². The zero-order valence-corrected chi connectivity index (χ0v) is 29.1. The number of hydrogen-bond acceptors (Lipinski definition) is 16. The van der Waals surface area contributed by atoms with Crippen molar-refractivity contribution in [3.8, 4) is 0 Å². The summed E-state index contributed by atoms with van der Waals surface area (Å²) in [5.41, 5.74) is -5.76. The molecule has 0 radical (unpaired) electrons. The number of carbonyl (C=O) groups excluding carboxylic acids is 4. The lowest BCUT2D eigenvalue weighted by atomic mass is 9.73. The van der Waals surface area contributed by atoms with E-state index in [1.54, 1.807) is 20.8 Å². The SMILES string of the molecule is CC(=O)N[C@@]1(O)C(O)C[C@@](O)(C(=O)O)OC1[C@@H](O)[C@@H](O)CO.CC(=O)N[C@@]1(OC(C)=O)C(C)C[C@@](C)(C(=O)O)OC1[C@@H](C)[C@@H](C)COC(C)=O. The Morgan fingerprint density at radius 2 is 1.40 bits per heavy atom. The molecule has 0 aromatic carbocycles. The van der Waals surface area contributed by atoms with Gasteiger partial charge in [-0.1, -0.05) is 20.8 Å². The molecule has 0 aliphatic carbocycles. The van der Waals surface area contributed by atoms with Gasteiger partial charge in [0, 0.05) is 40.0 Å². The van der Waals surface area contributed by atoms with Crippen molar-refractivity contribution in [2.24, 2.45) is 17.8 Å². The molecule has 2 aliphatic rings. The van der Waals surface area contributed by atoms with Crippen molar-refractivity contribution in [3.05, 3.63) is 0 Å². The average Bonchev–Trinajstić information content (AvgIpc) is 2.97. The van der Waals surface area contributed by atoms with Crippen LogP contribution < -0.4 is 10.6 Å². The number of rotatable bonds is 12. The van der Waals surface area contributed by atoms with Gasteiger partial charge in [0.15, 0.2) is 11.3 Å². The number of aliphatic carboxylic acids is 2. The number of aliphatic hydroxyl groups is 6. The standard InChI is InChI=1S/C19H31NO8.C11H19NO10/c1-10(9-26-14(5)22)12(3)16-19(20-13(4)21,27-15(6)23)11(2)8-18(7,28-16)17(24)25;1-4(14)12-11(21)6(16)2-10(20,9(18)19)22-8(11)7(17)5(15)3-13/h10-12,16H,8-9H2,1-7H3,(H,20,21)(H,24,25);5-8,13,15-17,20-21H,2-3H2,1H3,(H,12,14)(H,18,19)/t10-,11?,12-,16?,18-,19+;5-,6?,7-,8?,10-,11+/m00/s1. The van der Waals surface area contributed by atoms with Crippen LogP contribution in [0.15, 0.2) is 0 Å². The second-order valence-corrected chi connectivity index (χ2v) is 13.0. The molecule has 288 valence electrons. The van der Waals surface area contributed by atoms with Crippen molar-refractivity contribution in [2.75, 3.05) is 13.2 Å². The van der Waals surface area contributed by atoms with Gasteiger partial charge in [-0.15, -0.1) is 0 Å². The summed E-state index contributed by atoms with van der Waals surface area (Å²) in [5.74, 6) is -9.65. The molecule has 2 fully saturated rings. The molecular weight excluding hydrogens is 676 g/mol. The van der Waals surface area contributed by atoms with Crippen LogP contribution in [-0.2, 0) is 47.7 Å². The third kappa shape index (κ3) is 10.3. The van der Waals surface area contributed by atoms with E-state index < -0.39 is 114 Å². The highest BCUT2D eigenvalue weighted by Gasteiger charge is 2.62. The highest BCUT2D eigenvalue weighted by Crippen LogP contribution is 2.45. The molecule has 0 saturated carbocycles. The van der Waals surface area contributed by atoms with Crippen molar-refractivity contribution < 1.29 is 88.6 Å². The van der Waals surface area contributed by atoms with Gasteiger partial charge in [0.05, 0.1) is 13.2 Å². The van der Waals surface area contributed by atoms with Crippen molar-refractivity contribution >= 4 is 35.7 Å². The molecule has 50 heavy (non-hydrogen) atoms. The lowest BCUT2D eigenvalue weighted by Gasteiger charge is -2.53. The third-order valence-electron chi connectivity index (χ3n) is 8.63. The first-order chi connectivity index (χ1) is 22.7. The number of carbonyl (C=O) groups is 6. The van der Waals surface area contributed by atoms with Crippen LogP contribution >= 0.6 is 0 Å². The summed E-state index contributed by atoms with van der Waals surface area (Å²) in [6, 6.07) is 0. The lowest BCUT2D eigenvalue weighted by molar-refractivity contribution is -0.344. The fourth-order valence-electron chi connectivity index (χ4n) is 5.83. The molecule has 2 aliphatic heterocycles. The minimum absolute atomic E-state index is 0.0252. The Balaban J connectivity index is 0.000000515. The molecule has 20 heteroatoms. The monoisotopic (exact) mass is 726 g/mol. The van der Waals surface area contributed by atoms with Crippen LogP contribution in [-0.4, -0.2) is 143 Å². The van der Waals surface area contributed by atoms with Crippen LogP contribution in [0.1, 0.15) is 68.2 Å². The predicted molar refractivity (Wildman–Crippen MR) is 164 cm³/mol. The fraction of sp³-hybridized carbons (Fsp3) is 0.800. The molecule has 2 amide bonds. The quantitative estimate of drug-likeness (QED) is 0.0704. The maximum Gasteiger partial charge on any atom is 0.364 e. The van der Waals surface area contributed by atoms with E-state index in [0.29, 0.717) is 0 Å². The number of carboxylic acid groups (broad SMARTS) is 2. The molecule has 10 N–H and O–H groups in total. The van der Waals surface area contributed by atoms with Crippen molar-refractivity contribution in [1.29, 1.82) is 0 Å². The van der Waals surface area contributed by atoms with Gasteiger partial charge >= 0.3 is 23.9 Å². The summed E-state index contributed by atoms with van der Waals surface area (Å²) >= 11 is 0. The van der Waals surface area contributed by atoms with Gasteiger partial charge in [0.25, 0.3) is 5.79 Å². The molecule has 0 aromatic rings. The Morgan fingerprint density at radius 3 is 1.82 bits per heavy atom. The minimum atomic E-state index is -2.97. The molecule has 2 saturated heterocycles. The number of ether oxygens (including phenoxy) is 4. The van der Waals surface area contributed by atoms with E-state index in [1.165, 1.54) is 27.7 Å². The molecule has 2 rings (SSSR count). The van der Waals surface area contributed by atoms with Gasteiger partial charge in [0.2, 0.25) is 17.5 Å². The first-order valence-electron chi connectivity index (χ1n) is 15.6. The zero-order chi connectivity index (χ0) is 39.2. The smallest absolute Gasteiger partial charge is 0.364 e. The van der Waals surface area contributed by atoms with E-state index in [9.17, 15) is 59.4 Å². The van der Waals surface area contributed by atoms with E-state index in [2.05, 4.69) is 5.32 Å². The molecular formula is C30H50N2O18. The summed E-state index contributed by atoms with van der Waals surface area (Å²) in [5, 5.41) is 81.3. The Kier molecular flexibility index (Phi) is 15.3. The maximum absolute atomic E-state index is 11.9. The number of nitrogens with one attached hydrogen (secondary N) is 2. The average molecular weight is 727 g/mol. The largest absolute Gasteiger partial charge is 0.479 e. The predicted octanol–water partition coefficient (Wildman–Crippen LogP) is -3.07. The number of esters is 2. The molecule has 2 heterocycles. The molecule has 4 unspecified atom stereocenters. The van der Waals surface area contributed by atoms with Crippen LogP contribution in [0.4, 0.5) is 0 Å². The van der Waals surface area contributed by atoms with Gasteiger partial charge in [-0.25, -0.2) is 9.59 Å². The second kappa shape index (κ2) is 17.1. The first kappa shape index (κ1) is 44.5. The van der Waals surface area contributed by atoms with Crippen LogP contribution in [0.2, 0.25) is 0 Å². The molecule has 20 nitrogen and oxygen atoms in total. The molecule has 0 bridgehead atoms. The molecule has 0 spiro atoms. The van der Waals surface area contributed by atoms with Crippen LogP contribution in [0.3, 0.4) is 0 Å². The maximum atomic E-state index is 11.9. The van der Waals surface area contributed by atoms with E-state index in [0.717, 1.165) is 6.92 Å². The Bertz CT molecular complexity index is 1250. The number of carboxylic acids is 2. The Morgan fingerprint density at radius 1 is 0.860 bits per heavy atom. The number of hydrogen-bond donors (Lipinski definition) is 10. The summed E-state index contributed by atoms with van der Waals surface area (Å²) in [7, 11) is 0. The van der Waals surface area contributed by atoms with Gasteiger partial charge in [-0.05, 0) is 25.2 Å². The van der Waals surface area contributed by atoms with E-state index in [-0.39, 0.29) is 18.9 Å². The van der Waals surface area contributed by atoms with Crippen LogP contribution in [0, 0.1) is 17.8 Å². The zero-order valence-electron chi connectivity index (χ0n) is 29.1. The van der Waals surface area contributed by atoms with E-state index in [4.69, 9.17) is 29.2 Å². The number of aliphatic hydroxyl groups excluding tert-OH is 4. The highest BCUT2D eigenvalue weighted by atomic mass is 16.7. The van der Waals surface area contributed by atoms with E-state index >= 15 is 0 Å². The minimum Gasteiger partial charge on any atom is -0.479 e. The third-order valence-corrected chi connectivity index (χ3v) is 8.63. The summed E-state index contributed by atoms with van der Waals surface area (Å²) in [6.45, 7) is 10.6. The highest BCUT2D eigenvalue weighted by molar-refractivity contribution is 5.78. The van der Waals surface area contributed by atoms with Crippen molar-refractivity contribution in [2.45, 2.75) is 122 Å². The first-order valence-corrected chi connectivity index (χ1v) is 15.6. The van der Waals surface area contributed by atoms with Gasteiger partial charge in [-0.2, -0.15) is 0 Å². The van der Waals surface area contributed by atoms with Crippen molar-refractivity contribution in [3.63, 3.8) is 0 Å². The number of amides is 2. The lowest BCUT2D eigenvalue weighted by Crippen LogP contribution is -2.75. The molecule has 12 atom stereocenters. The van der Waals surface area contributed by atoms with Crippen LogP contribution in [0.5, 0.6) is 0 Å². The normalized spacial score (nSPS) is 34.7. The summed E-state index contributed by atoms with van der Waals surface area (Å²) < 4.78 is 21.4. The van der Waals surface area contributed by atoms with Gasteiger partial charge in [0.1, 0.15) is 30.5 Å². The summed E-state index contributed by atoms with van der Waals surface area (Å²) in [4.78, 5) is 69.0. The fourth-order valence-corrected chi connectivity index (χ4v) is 5.83. The van der Waals surface area contributed by atoms with Crippen LogP contribution in [0.25, 0.3) is 0 Å². The van der Waals surface area contributed by atoms with Gasteiger partial charge in [-0.3, -0.25) is 19.2 Å². The Hall–Kier alpha value is -3.50. The van der Waals surface area contributed by atoms with Crippen molar-refractivity contribution in [1.82, 2.24) is 10.6 Å².